The molecule has 10 heteroatoms. The SMILES string of the molecule is CC/C=C\C/C=C\C/C=C\C/C=C\C/C=C\CCCCCCCCCCCC(=O)OC(/C=C/CCCCCCCCCCCCC)C(COP(=O)([O-])OCC[N+](C)(C)C)NC(=O)CCCCCCCCCCCCCCCCCCC. The molecule has 0 aromatic carbocycles. The number of unbranched alkanes of at least 4 members (excludes halogenated alkanes) is 36. The highest BCUT2D eigenvalue weighted by atomic mass is 31.2. The van der Waals surface area contributed by atoms with Crippen LogP contribution in [0.3, 0.4) is 0 Å². The molecule has 0 aliphatic carbocycles. The number of rotatable bonds is 62. The van der Waals surface area contributed by atoms with E-state index in [1.165, 1.54) is 180 Å². The van der Waals surface area contributed by atoms with E-state index in [2.05, 4.69) is 86.8 Å². The lowest BCUT2D eigenvalue weighted by Gasteiger charge is -2.30. The van der Waals surface area contributed by atoms with Crippen LogP contribution in [0.1, 0.15) is 316 Å². The number of carbonyl (C=O) groups excluding carboxylic acids is 2. The Morgan fingerprint density at radius 3 is 1.19 bits per heavy atom. The van der Waals surface area contributed by atoms with Crippen LogP contribution in [0.2, 0.25) is 0 Å². The topological polar surface area (TPSA) is 114 Å². The van der Waals surface area contributed by atoms with Crippen molar-refractivity contribution in [3.63, 3.8) is 0 Å². The van der Waals surface area contributed by atoms with Crippen molar-refractivity contribution in [3.8, 4) is 0 Å². The first-order chi connectivity index (χ1) is 39.4. The minimum atomic E-state index is -4.70. The van der Waals surface area contributed by atoms with Gasteiger partial charge in [0.1, 0.15) is 19.3 Å². The maximum absolute atomic E-state index is 13.6. The van der Waals surface area contributed by atoms with Crippen molar-refractivity contribution in [2.45, 2.75) is 328 Å². The molecule has 0 fully saturated rings. The highest BCUT2D eigenvalue weighted by molar-refractivity contribution is 7.45. The van der Waals surface area contributed by atoms with Crippen molar-refractivity contribution < 1.29 is 37.3 Å². The molecule has 0 aromatic rings. The molecule has 472 valence electrons. The number of nitrogens with zero attached hydrogens (tertiary/aromatic N) is 1. The van der Waals surface area contributed by atoms with Crippen molar-refractivity contribution >= 4 is 19.7 Å². The first-order valence-electron chi connectivity index (χ1n) is 34.2. The molecule has 3 unspecified atom stereocenters. The van der Waals surface area contributed by atoms with Gasteiger partial charge in [0.25, 0.3) is 7.82 Å². The van der Waals surface area contributed by atoms with E-state index in [1.54, 1.807) is 0 Å². The number of nitrogens with one attached hydrogen (secondary N) is 1. The van der Waals surface area contributed by atoms with Crippen LogP contribution in [0.15, 0.2) is 72.9 Å². The number of phosphoric ester groups is 1. The molecule has 1 amide bonds. The summed E-state index contributed by atoms with van der Waals surface area (Å²) >= 11 is 0. The second kappa shape index (κ2) is 60.6. The van der Waals surface area contributed by atoms with E-state index >= 15 is 0 Å². The lowest BCUT2D eigenvalue weighted by molar-refractivity contribution is -0.870. The monoisotopic (exact) mass is 1150 g/mol. The molecule has 0 bridgehead atoms. The van der Waals surface area contributed by atoms with Crippen molar-refractivity contribution in [1.82, 2.24) is 5.32 Å². The molecule has 0 rings (SSSR count). The van der Waals surface area contributed by atoms with E-state index < -0.39 is 20.0 Å². The van der Waals surface area contributed by atoms with Gasteiger partial charge in [-0.15, -0.1) is 0 Å². The van der Waals surface area contributed by atoms with Crippen LogP contribution >= 0.6 is 7.82 Å². The first-order valence-corrected chi connectivity index (χ1v) is 35.7. The van der Waals surface area contributed by atoms with E-state index in [9.17, 15) is 19.0 Å². The molecule has 0 aliphatic rings. The third-order valence-electron chi connectivity index (χ3n) is 15.2. The zero-order valence-electron chi connectivity index (χ0n) is 54.0. The van der Waals surface area contributed by atoms with Crippen LogP contribution in [-0.4, -0.2) is 69.4 Å². The summed E-state index contributed by atoms with van der Waals surface area (Å²) in [5.74, 6) is -0.537. The predicted molar refractivity (Wildman–Crippen MR) is 348 cm³/mol. The molecule has 0 saturated heterocycles. The zero-order chi connectivity index (χ0) is 59.3. The van der Waals surface area contributed by atoms with Crippen molar-refractivity contribution in [2.75, 3.05) is 40.9 Å². The predicted octanol–water partition coefficient (Wildman–Crippen LogP) is 20.9. The second-order valence-corrected chi connectivity index (χ2v) is 25.7. The van der Waals surface area contributed by atoms with Gasteiger partial charge >= 0.3 is 5.97 Å². The molecule has 0 saturated carbocycles. The highest BCUT2D eigenvalue weighted by Gasteiger charge is 2.27. The fourth-order valence-corrected chi connectivity index (χ4v) is 10.6. The summed E-state index contributed by atoms with van der Waals surface area (Å²) in [4.78, 5) is 40.1. The van der Waals surface area contributed by atoms with E-state index in [1.807, 2.05) is 33.3 Å². The third kappa shape index (κ3) is 61.8. The molecule has 0 aliphatic heterocycles. The van der Waals surface area contributed by atoms with Gasteiger partial charge in [-0.25, -0.2) is 0 Å². The zero-order valence-corrected chi connectivity index (χ0v) is 54.9. The van der Waals surface area contributed by atoms with Crippen LogP contribution in [0.4, 0.5) is 0 Å². The maximum atomic E-state index is 13.6. The Balaban J connectivity index is 5.14. The molecule has 0 radical (unpaired) electrons. The summed E-state index contributed by atoms with van der Waals surface area (Å²) in [5.41, 5.74) is 0. The number of likely N-dealkylation sites (N-methyl/N-ethyl adjacent to an activating group) is 1. The van der Waals surface area contributed by atoms with Gasteiger partial charge in [0.2, 0.25) is 5.91 Å². The number of hydrogen-bond donors (Lipinski definition) is 1. The summed E-state index contributed by atoms with van der Waals surface area (Å²) in [6, 6.07) is -0.891. The molecule has 3 atom stereocenters. The average molecular weight is 1160 g/mol. The minimum absolute atomic E-state index is 0.0235. The Morgan fingerprint density at radius 1 is 0.444 bits per heavy atom. The van der Waals surface area contributed by atoms with Crippen molar-refractivity contribution in [2.24, 2.45) is 0 Å². The van der Waals surface area contributed by atoms with Gasteiger partial charge in [-0.1, -0.05) is 299 Å². The summed E-state index contributed by atoms with van der Waals surface area (Å²) in [6.45, 7) is 6.76. The summed E-state index contributed by atoms with van der Waals surface area (Å²) in [7, 11) is 1.19. The number of amides is 1. The molecule has 0 aromatic heterocycles. The number of carbonyl (C=O) groups is 2. The Labute approximate surface area is 502 Å². The fraction of sp³-hybridized carbons (Fsp3) is 0.803. The van der Waals surface area contributed by atoms with E-state index in [0.29, 0.717) is 17.4 Å². The van der Waals surface area contributed by atoms with E-state index in [4.69, 9.17) is 13.8 Å². The van der Waals surface area contributed by atoms with Crippen molar-refractivity contribution in [1.29, 1.82) is 0 Å². The van der Waals surface area contributed by atoms with E-state index in [0.717, 1.165) is 103 Å². The number of phosphoric acid groups is 1. The van der Waals surface area contributed by atoms with Gasteiger partial charge in [-0.2, -0.15) is 0 Å². The summed E-state index contributed by atoms with van der Waals surface area (Å²) < 4.78 is 30.4. The fourth-order valence-electron chi connectivity index (χ4n) is 9.90. The second-order valence-electron chi connectivity index (χ2n) is 24.3. The van der Waals surface area contributed by atoms with Crippen LogP contribution < -0.4 is 10.2 Å². The Morgan fingerprint density at radius 2 is 0.790 bits per heavy atom. The highest BCUT2D eigenvalue weighted by Crippen LogP contribution is 2.38. The lowest BCUT2D eigenvalue weighted by Crippen LogP contribution is -2.47. The van der Waals surface area contributed by atoms with E-state index in [-0.39, 0.29) is 31.5 Å². The molecular formula is C71H131N2O7P. The molecule has 81 heavy (non-hydrogen) atoms. The van der Waals surface area contributed by atoms with Gasteiger partial charge in [-0.05, 0) is 76.7 Å². The first kappa shape index (κ1) is 78.5. The lowest BCUT2D eigenvalue weighted by atomic mass is 10.0. The van der Waals surface area contributed by atoms with Crippen LogP contribution in [0.25, 0.3) is 0 Å². The van der Waals surface area contributed by atoms with Gasteiger partial charge in [0, 0.05) is 12.8 Å². The number of esters is 1. The maximum Gasteiger partial charge on any atom is 0.306 e. The Hall–Kier alpha value is -2.55. The molecular weight excluding hydrogens is 1020 g/mol. The number of hydrogen-bond acceptors (Lipinski definition) is 7. The number of ether oxygens (including phenoxy) is 1. The molecule has 0 spiro atoms. The standard InChI is InChI=1S/C71H131N2O7P/c1-7-10-13-16-19-22-25-28-30-32-33-34-35-36-37-38-39-41-43-46-49-52-55-58-61-64-71(75)80-69(62-59-56-53-50-47-44-27-24-21-18-15-12-9-3)68(67-79-81(76,77)78-66-65-73(4,5)6)72-70(74)63-60-57-54-51-48-45-42-40-31-29-26-23-20-17-14-11-8-2/h10,13,19,22,28,30,33-34,36-37,59,62,68-69H,7-9,11-12,14-18,20-21,23-27,29,31-32,35,38-58,60-61,63-67H2,1-6H3,(H-,72,74,76,77)/b13-10-,22-19-,30-28-,34-33-,37-36-,62-59+. The molecule has 9 nitrogen and oxygen atoms in total. The van der Waals surface area contributed by atoms with Gasteiger partial charge in [0.05, 0.1) is 33.8 Å². The van der Waals surface area contributed by atoms with Gasteiger partial charge in [-0.3, -0.25) is 14.2 Å². The van der Waals surface area contributed by atoms with Gasteiger partial charge < -0.3 is 28.5 Å². The number of quaternary nitrogens is 1. The Kier molecular flexibility index (Phi) is 58.7. The quantitative estimate of drug-likeness (QED) is 0.0212. The average Bonchev–Trinajstić information content (AvgIpc) is 3.44. The largest absolute Gasteiger partial charge is 0.756 e. The minimum Gasteiger partial charge on any atom is -0.756 e. The summed E-state index contributed by atoms with van der Waals surface area (Å²) in [6.07, 6.45) is 78.7. The smallest absolute Gasteiger partial charge is 0.306 e. The normalized spacial score (nSPS) is 14.0. The summed E-state index contributed by atoms with van der Waals surface area (Å²) in [5, 5.41) is 3.04. The van der Waals surface area contributed by atoms with Crippen LogP contribution in [0.5, 0.6) is 0 Å². The van der Waals surface area contributed by atoms with Crippen LogP contribution in [0, 0.1) is 0 Å². The molecule has 1 N–H and O–H groups in total. The Bertz CT molecular complexity index is 1620. The molecule has 0 heterocycles. The number of allylic oxidation sites excluding steroid dienone is 11. The van der Waals surface area contributed by atoms with Gasteiger partial charge in [0.15, 0.2) is 0 Å². The van der Waals surface area contributed by atoms with Crippen molar-refractivity contribution in [3.05, 3.63) is 72.9 Å². The third-order valence-corrected chi connectivity index (χ3v) is 16.1. The van der Waals surface area contributed by atoms with Crippen LogP contribution in [-0.2, 0) is 27.9 Å².